The third-order valence-corrected chi connectivity index (χ3v) is 1.66. The van der Waals surface area contributed by atoms with Crippen molar-refractivity contribution in [3.8, 4) is 0 Å². The molecule has 0 aliphatic rings. The van der Waals surface area contributed by atoms with Crippen LogP contribution in [-0.4, -0.2) is 4.37 Å². The molecular weight excluding hydrogens is 142 g/mol. The van der Waals surface area contributed by atoms with Gasteiger partial charge in [-0.2, -0.15) is 0 Å². The van der Waals surface area contributed by atoms with Gasteiger partial charge in [0.15, 0.2) is 0 Å². The molecule has 0 fully saturated rings. The highest BCUT2D eigenvalue weighted by atomic mass is 32.1. The topological polar surface area (TPSA) is 12.9 Å². The van der Waals surface area contributed by atoms with Crippen LogP contribution in [0, 0.1) is 0 Å². The fraction of sp³-hybridized carbons (Fsp3) is 0.625. The molecule has 0 aliphatic carbocycles. The van der Waals surface area contributed by atoms with E-state index in [-0.39, 0.29) is 0 Å². The SMILES string of the molecule is CC.CCCc1cnsc1. The molecule has 1 aromatic rings. The Morgan fingerprint density at radius 2 is 2.20 bits per heavy atom. The molecule has 0 bridgehead atoms. The van der Waals surface area contributed by atoms with Gasteiger partial charge in [0, 0.05) is 11.6 Å². The Morgan fingerprint density at radius 1 is 1.50 bits per heavy atom. The molecule has 0 spiro atoms. The Hall–Kier alpha value is -0.370. The maximum atomic E-state index is 3.98. The zero-order valence-corrected chi connectivity index (χ0v) is 7.74. The van der Waals surface area contributed by atoms with E-state index in [1.54, 1.807) is 0 Å². The van der Waals surface area contributed by atoms with Gasteiger partial charge in [-0.05, 0) is 23.5 Å². The molecule has 1 rings (SSSR count). The van der Waals surface area contributed by atoms with Gasteiger partial charge >= 0.3 is 0 Å². The lowest BCUT2D eigenvalue weighted by Gasteiger charge is -1.84. The minimum atomic E-state index is 1.18. The van der Waals surface area contributed by atoms with Crippen LogP contribution < -0.4 is 0 Å². The quantitative estimate of drug-likeness (QED) is 0.642. The molecule has 58 valence electrons. The Morgan fingerprint density at radius 3 is 2.60 bits per heavy atom. The molecule has 0 N–H and O–H groups in total. The average Bonchev–Trinajstić information content (AvgIpc) is 2.46. The van der Waals surface area contributed by atoms with Crippen LogP contribution in [-0.2, 0) is 6.42 Å². The summed E-state index contributed by atoms with van der Waals surface area (Å²) >= 11 is 1.53. The predicted octanol–water partition coefficient (Wildman–Crippen LogP) is 3.12. The van der Waals surface area contributed by atoms with Crippen molar-refractivity contribution in [1.29, 1.82) is 0 Å². The first-order valence-electron chi connectivity index (χ1n) is 3.81. The van der Waals surface area contributed by atoms with E-state index in [4.69, 9.17) is 0 Å². The van der Waals surface area contributed by atoms with Crippen molar-refractivity contribution in [3.63, 3.8) is 0 Å². The summed E-state index contributed by atoms with van der Waals surface area (Å²) in [6.45, 7) is 6.18. The minimum absolute atomic E-state index is 1.18. The van der Waals surface area contributed by atoms with E-state index in [9.17, 15) is 0 Å². The van der Waals surface area contributed by atoms with Gasteiger partial charge in [-0.3, -0.25) is 0 Å². The molecule has 0 saturated carbocycles. The lowest BCUT2D eigenvalue weighted by atomic mass is 10.2. The lowest BCUT2D eigenvalue weighted by molar-refractivity contribution is 0.923. The van der Waals surface area contributed by atoms with Crippen LogP contribution in [0.25, 0.3) is 0 Å². The third kappa shape index (κ3) is 3.62. The summed E-state index contributed by atoms with van der Waals surface area (Å²) in [6.07, 6.45) is 4.34. The first-order chi connectivity index (χ1) is 4.93. The summed E-state index contributed by atoms with van der Waals surface area (Å²) < 4.78 is 3.98. The van der Waals surface area contributed by atoms with E-state index in [0.717, 1.165) is 0 Å². The molecular formula is C8H15NS. The minimum Gasteiger partial charge on any atom is -0.201 e. The number of rotatable bonds is 2. The fourth-order valence-corrected chi connectivity index (χ4v) is 1.21. The third-order valence-electron chi connectivity index (χ3n) is 1.02. The van der Waals surface area contributed by atoms with Gasteiger partial charge in [0.1, 0.15) is 0 Å². The number of nitrogens with zero attached hydrogens (tertiary/aromatic N) is 1. The van der Waals surface area contributed by atoms with Crippen molar-refractivity contribution in [2.24, 2.45) is 0 Å². The summed E-state index contributed by atoms with van der Waals surface area (Å²) in [5, 5.41) is 2.10. The molecule has 0 aromatic carbocycles. The first kappa shape index (κ1) is 9.63. The second-order valence-electron chi connectivity index (χ2n) is 1.78. The number of hydrogen-bond donors (Lipinski definition) is 0. The van der Waals surface area contributed by atoms with Gasteiger partial charge in [-0.25, -0.2) is 4.37 Å². The molecule has 0 saturated heterocycles. The van der Waals surface area contributed by atoms with Crippen LogP contribution in [0.5, 0.6) is 0 Å². The Bertz CT molecular complexity index is 135. The van der Waals surface area contributed by atoms with Gasteiger partial charge < -0.3 is 0 Å². The predicted molar refractivity (Wildman–Crippen MR) is 47.5 cm³/mol. The van der Waals surface area contributed by atoms with Crippen molar-refractivity contribution >= 4 is 11.5 Å². The van der Waals surface area contributed by atoms with Crippen molar-refractivity contribution in [2.45, 2.75) is 33.6 Å². The smallest absolute Gasteiger partial charge is 0.0438 e. The van der Waals surface area contributed by atoms with Crippen LogP contribution in [0.1, 0.15) is 32.8 Å². The molecule has 0 amide bonds. The van der Waals surface area contributed by atoms with Crippen LogP contribution in [0.4, 0.5) is 0 Å². The Labute approximate surface area is 67.3 Å². The highest BCUT2D eigenvalue weighted by molar-refractivity contribution is 7.03. The second kappa shape index (κ2) is 6.75. The standard InChI is InChI=1S/C6H9NS.C2H6/c1-2-3-6-4-7-8-5-6;1-2/h4-5H,2-3H2,1H3;1-2H3. The van der Waals surface area contributed by atoms with Crippen LogP contribution >= 0.6 is 11.5 Å². The van der Waals surface area contributed by atoms with E-state index in [2.05, 4.69) is 16.7 Å². The molecule has 2 heteroatoms. The molecule has 0 aliphatic heterocycles. The largest absolute Gasteiger partial charge is 0.201 e. The van der Waals surface area contributed by atoms with E-state index in [0.29, 0.717) is 0 Å². The molecule has 0 unspecified atom stereocenters. The summed E-state index contributed by atoms with van der Waals surface area (Å²) in [5.74, 6) is 0. The van der Waals surface area contributed by atoms with E-state index < -0.39 is 0 Å². The highest BCUT2D eigenvalue weighted by Gasteiger charge is 1.88. The van der Waals surface area contributed by atoms with Crippen molar-refractivity contribution in [1.82, 2.24) is 4.37 Å². The summed E-state index contributed by atoms with van der Waals surface area (Å²) in [6, 6.07) is 0. The monoisotopic (exact) mass is 157 g/mol. The summed E-state index contributed by atoms with van der Waals surface area (Å²) in [4.78, 5) is 0. The van der Waals surface area contributed by atoms with Gasteiger partial charge in [-0.1, -0.05) is 27.2 Å². The summed E-state index contributed by atoms with van der Waals surface area (Å²) in [7, 11) is 0. The van der Waals surface area contributed by atoms with Crippen LogP contribution in [0.3, 0.4) is 0 Å². The number of aryl methyl sites for hydroxylation is 1. The molecule has 10 heavy (non-hydrogen) atoms. The van der Waals surface area contributed by atoms with E-state index >= 15 is 0 Å². The van der Waals surface area contributed by atoms with Crippen molar-refractivity contribution in [2.75, 3.05) is 0 Å². The molecule has 1 nitrogen and oxygen atoms in total. The average molecular weight is 157 g/mol. The lowest BCUT2D eigenvalue weighted by Crippen LogP contribution is -1.74. The Balaban J connectivity index is 0.000000371. The maximum absolute atomic E-state index is 3.98. The van der Waals surface area contributed by atoms with E-state index in [1.807, 2.05) is 20.0 Å². The van der Waals surface area contributed by atoms with Crippen molar-refractivity contribution in [3.05, 3.63) is 17.1 Å². The van der Waals surface area contributed by atoms with E-state index in [1.165, 1.54) is 29.9 Å². The second-order valence-corrected chi connectivity index (χ2v) is 2.44. The Kier molecular flexibility index (Phi) is 6.50. The first-order valence-corrected chi connectivity index (χ1v) is 4.65. The van der Waals surface area contributed by atoms with Crippen molar-refractivity contribution < 1.29 is 0 Å². The molecule has 1 aromatic heterocycles. The zero-order chi connectivity index (χ0) is 7.82. The molecule has 0 radical (unpaired) electrons. The van der Waals surface area contributed by atoms with Crippen LogP contribution in [0.2, 0.25) is 0 Å². The normalized spacial score (nSPS) is 8.30. The zero-order valence-electron chi connectivity index (χ0n) is 6.92. The number of hydrogen-bond acceptors (Lipinski definition) is 2. The van der Waals surface area contributed by atoms with Gasteiger partial charge in [0.05, 0.1) is 0 Å². The molecule has 1 heterocycles. The highest BCUT2D eigenvalue weighted by Crippen LogP contribution is 2.03. The van der Waals surface area contributed by atoms with Gasteiger partial charge in [0.2, 0.25) is 0 Å². The van der Waals surface area contributed by atoms with Gasteiger partial charge in [-0.15, -0.1) is 0 Å². The molecule has 0 atom stereocenters. The fourth-order valence-electron chi connectivity index (χ4n) is 0.639. The summed E-state index contributed by atoms with van der Waals surface area (Å²) in [5.41, 5.74) is 1.37. The maximum Gasteiger partial charge on any atom is 0.0438 e. The number of aromatic nitrogens is 1. The van der Waals surface area contributed by atoms with Crippen LogP contribution in [0.15, 0.2) is 11.6 Å². The van der Waals surface area contributed by atoms with Gasteiger partial charge in [0.25, 0.3) is 0 Å².